The fourth-order valence-electron chi connectivity index (χ4n) is 2.39. The zero-order chi connectivity index (χ0) is 12.3. The lowest BCUT2D eigenvalue weighted by Crippen LogP contribution is -2.41. The first-order valence-electron chi connectivity index (χ1n) is 6.14. The number of aromatic nitrogens is 2. The standard InChI is InChI=1S/C12H18BrN3O/c1-2-9(13)12(17)15-10-4-3-5-11(10)16-7-6-14-8-16/h6-11H,2-5H2,1H3,(H,15,17). The van der Waals surface area contributed by atoms with E-state index in [1.54, 1.807) is 6.20 Å². The molecule has 3 atom stereocenters. The average Bonchev–Trinajstić information content (AvgIpc) is 2.97. The van der Waals surface area contributed by atoms with Crippen molar-refractivity contribution in [2.45, 2.75) is 49.5 Å². The predicted octanol–water partition coefficient (Wildman–Crippen LogP) is 2.27. The summed E-state index contributed by atoms with van der Waals surface area (Å²) in [7, 11) is 0. The molecule has 1 aliphatic rings. The highest BCUT2D eigenvalue weighted by Crippen LogP contribution is 2.30. The maximum absolute atomic E-state index is 11.9. The number of amides is 1. The molecule has 0 bridgehead atoms. The van der Waals surface area contributed by atoms with Gasteiger partial charge < -0.3 is 9.88 Å². The topological polar surface area (TPSA) is 46.9 Å². The molecular weight excluding hydrogens is 282 g/mol. The summed E-state index contributed by atoms with van der Waals surface area (Å²) in [5.41, 5.74) is 0. The minimum absolute atomic E-state index is 0.0773. The summed E-state index contributed by atoms with van der Waals surface area (Å²) < 4.78 is 2.10. The van der Waals surface area contributed by atoms with E-state index in [9.17, 15) is 4.79 Å². The molecule has 1 amide bonds. The molecule has 4 nitrogen and oxygen atoms in total. The number of carbonyl (C=O) groups is 1. The van der Waals surface area contributed by atoms with Crippen molar-refractivity contribution >= 4 is 21.8 Å². The first-order chi connectivity index (χ1) is 8.22. The third-order valence-electron chi connectivity index (χ3n) is 3.36. The molecule has 17 heavy (non-hydrogen) atoms. The average molecular weight is 300 g/mol. The Morgan fingerprint density at radius 3 is 3.12 bits per heavy atom. The van der Waals surface area contributed by atoms with Crippen LogP contribution in [0.4, 0.5) is 0 Å². The number of hydrogen-bond acceptors (Lipinski definition) is 2. The van der Waals surface area contributed by atoms with Crippen LogP contribution in [0.2, 0.25) is 0 Å². The van der Waals surface area contributed by atoms with E-state index in [0.717, 1.165) is 25.7 Å². The molecule has 1 aromatic heterocycles. The number of nitrogens with zero attached hydrogens (tertiary/aromatic N) is 2. The maximum Gasteiger partial charge on any atom is 0.234 e. The Hall–Kier alpha value is -0.840. The summed E-state index contributed by atoms with van der Waals surface area (Å²) in [5, 5.41) is 3.13. The number of rotatable bonds is 4. The minimum atomic E-state index is -0.0773. The van der Waals surface area contributed by atoms with E-state index < -0.39 is 0 Å². The van der Waals surface area contributed by atoms with Crippen molar-refractivity contribution in [2.75, 3.05) is 0 Å². The van der Waals surface area contributed by atoms with Crippen LogP contribution in [0.5, 0.6) is 0 Å². The molecule has 3 unspecified atom stereocenters. The molecule has 1 heterocycles. The summed E-state index contributed by atoms with van der Waals surface area (Å²) >= 11 is 3.39. The molecule has 1 saturated carbocycles. The summed E-state index contributed by atoms with van der Waals surface area (Å²) in [6, 6.07) is 0.598. The van der Waals surface area contributed by atoms with Crippen LogP contribution in [-0.2, 0) is 4.79 Å². The number of nitrogens with one attached hydrogen (secondary N) is 1. The Morgan fingerprint density at radius 2 is 2.47 bits per heavy atom. The molecule has 94 valence electrons. The van der Waals surface area contributed by atoms with Crippen molar-refractivity contribution < 1.29 is 4.79 Å². The number of imidazole rings is 1. The number of alkyl halides is 1. The van der Waals surface area contributed by atoms with Gasteiger partial charge in [-0.1, -0.05) is 22.9 Å². The van der Waals surface area contributed by atoms with Crippen molar-refractivity contribution in [1.29, 1.82) is 0 Å². The van der Waals surface area contributed by atoms with E-state index in [1.165, 1.54) is 0 Å². The summed E-state index contributed by atoms with van der Waals surface area (Å²) in [4.78, 5) is 15.9. The predicted molar refractivity (Wildman–Crippen MR) is 70.1 cm³/mol. The van der Waals surface area contributed by atoms with Crippen LogP contribution in [0.25, 0.3) is 0 Å². The van der Waals surface area contributed by atoms with E-state index in [2.05, 4.69) is 30.8 Å². The first kappa shape index (κ1) is 12.6. The van der Waals surface area contributed by atoms with Crippen LogP contribution in [0, 0.1) is 0 Å². The molecule has 2 rings (SSSR count). The Balaban J connectivity index is 1.98. The largest absolute Gasteiger partial charge is 0.350 e. The fraction of sp³-hybridized carbons (Fsp3) is 0.667. The van der Waals surface area contributed by atoms with Gasteiger partial charge in [0.25, 0.3) is 0 Å². The van der Waals surface area contributed by atoms with Gasteiger partial charge in [0.2, 0.25) is 5.91 Å². The van der Waals surface area contributed by atoms with Gasteiger partial charge in [-0.3, -0.25) is 4.79 Å². The number of halogens is 1. The van der Waals surface area contributed by atoms with Crippen LogP contribution in [0.15, 0.2) is 18.7 Å². The van der Waals surface area contributed by atoms with Crippen LogP contribution >= 0.6 is 15.9 Å². The van der Waals surface area contributed by atoms with Crippen LogP contribution in [-0.4, -0.2) is 26.3 Å². The van der Waals surface area contributed by atoms with Crippen LogP contribution in [0.3, 0.4) is 0 Å². The van der Waals surface area contributed by atoms with Crippen LogP contribution < -0.4 is 5.32 Å². The normalized spacial score (nSPS) is 25.8. The third kappa shape index (κ3) is 2.89. The van der Waals surface area contributed by atoms with Crippen LogP contribution in [0.1, 0.15) is 38.6 Å². The first-order valence-corrected chi connectivity index (χ1v) is 7.05. The highest BCUT2D eigenvalue weighted by molar-refractivity contribution is 9.10. The van der Waals surface area contributed by atoms with Gasteiger partial charge >= 0.3 is 0 Å². The van der Waals surface area contributed by atoms with Gasteiger partial charge in [0, 0.05) is 18.4 Å². The van der Waals surface area contributed by atoms with Crippen molar-refractivity contribution in [3.8, 4) is 0 Å². The summed E-state index contributed by atoms with van der Waals surface area (Å²) in [6.45, 7) is 2.00. The second-order valence-electron chi connectivity index (χ2n) is 4.50. The van der Waals surface area contributed by atoms with E-state index in [4.69, 9.17) is 0 Å². The molecule has 1 fully saturated rings. The van der Waals surface area contributed by atoms with Gasteiger partial charge in [0.05, 0.1) is 17.2 Å². The Morgan fingerprint density at radius 1 is 1.65 bits per heavy atom. The SMILES string of the molecule is CCC(Br)C(=O)NC1CCCC1n1ccnc1. The highest BCUT2D eigenvalue weighted by atomic mass is 79.9. The van der Waals surface area contributed by atoms with Gasteiger partial charge in [-0.15, -0.1) is 0 Å². The molecule has 0 radical (unpaired) electrons. The van der Waals surface area contributed by atoms with Crippen molar-refractivity contribution in [2.24, 2.45) is 0 Å². The number of carbonyl (C=O) groups excluding carboxylic acids is 1. The van der Waals surface area contributed by atoms with E-state index in [0.29, 0.717) is 6.04 Å². The molecule has 1 aromatic rings. The van der Waals surface area contributed by atoms with E-state index in [1.807, 2.05) is 19.4 Å². The molecule has 1 N–H and O–H groups in total. The summed E-state index contributed by atoms with van der Waals surface area (Å²) in [5.74, 6) is 0.101. The Labute approximate surface area is 110 Å². The van der Waals surface area contributed by atoms with E-state index >= 15 is 0 Å². The van der Waals surface area contributed by atoms with Gasteiger partial charge in [-0.05, 0) is 25.7 Å². The molecule has 0 spiro atoms. The van der Waals surface area contributed by atoms with Crippen molar-refractivity contribution in [3.05, 3.63) is 18.7 Å². The minimum Gasteiger partial charge on any atom is -0.350 e. The zero-order valence-corrected chi connectivity index (χ0v) is 11.6. The maximum atomic E-state index is 11.9. The third-order valence-corrected chi connectivity index (χ3v) is 4.42. The highest BCUT2D eigenvalue weighted by Gasteiger charge is 2.30. The Kier molecular flexibility index (Phi) is 4.20. The second-order valence-corrected chi connectivity index (χ2v) is 5.60. The monoisotopic (exact) mass is 299 g/mol. The molecule has 0 saturated heterocycles. The fourth-order valence-corrected chi connectivity index (χ4v) is 2.52. The van der Waals surface area contributed by atoms with Gasteiger partial charge in [-0.25, -0.2) is 4.98 Å². The molecule has 1 aliphatic carbocycles. The quantitative estimate of drug-likeness (QED) is 0.867. The van der Waals surface area contributed by atoms with Gasteiger partial charge in [0.15, 0.2) is 0 Å². The van der Waals surface area contributed by atoms with Gasteiger partial charge in [-0.2, -0.15) is 0 Å². The Bertz CT molecular complexity index is 366. The lowest BCUT2D eigenvalue weighted by atomic mass is 10.1. The zero-order valence-electron chi connectivity index (χ0n) is 9.97. The smallest absolute Gasteiger partial charge is 0.234 e. The summed E-state index contributed by atoms with van der Waals surface area (Å²) in [6.07, 6.45) is 9.73. The second kappa shape index (κ2) is 5.67. The van der Waals surface area contributed by atoms with Crippen molar-refractivity contribution in [1.82, 2.24) is 14.9 Å². The molecule has 5 heteroatoms. The number of hydrogen-bond donors (Lipinski definition) is 1. The van der Waals surface area contributed by atoms with Crippen molar-refractivity contribution in [3.63, 3.8) is 0 Å². The molecular formula is C12H18BrN3O. The van der Waals surface area contributed by atoms with Gasteiger partial charge in [0.1, 0.15) is 0 Å². The lowest BCUT2D eigenvalue weighted by Gasteiger charge is -2.23. The molecule has 0 aliphatic heterocycles. The molecule has 0 aromatic carbocycles. The lowest BCUT2D eigenvalue weighted by molar-refractivity contribution is -0.121. The van der Waals surface area contributed by atoms with E-state index in [-0.39, 0.29) is 16.8 Å².